The summed E-state index contributed by atoms with van der Waals surface area (Å²) in [6, 6.07) is 0. The highest BCUT2D eigenvalue weighted by molar-refractivity contribution is 5.66. The maximum absolute atomic E-state index is 11.8. The molecule has 0 spiro atoms. The molecule has 34 heavy (non-hydrogen) atoms. The van der Waals surface area contributed by atoms with Gasteiger partial charge in [0.1, 0.15) is 12.2 Å². The van der Waals surface area contributed by atoms with E-state index in [4.69, 9.17) is 14.6 Å². The number of allylic oxidation sites excluding steroid dienone is 3. The average molecular weight is 479 g/mol. The number of hydrogen-bond donors (Lipinski definition) is 1. The Hall–Kier alpha value is -1.62. The Kier molecular flexibility index (Phi) is 17.6. The van der Waals surface area contributed by atoms with Crippen molar-refractivity contribution >= 4 is 11.9 Å². The number of esters is 2. The molecule has 1 aliphatic carbocycles. The van der Waals surface area contributed by atoms with E-state index in [9.17, 15) is 9.59 Å². The van der Waals surface area contributed by atoms with Crippen molar-refractivity contribution < 1.29 is 24.2 Å². The molecule has 0 amide bonds. The van der Waals surface area contributed by atoms with Crippen molar-refractivity contribution in [1.82, 2.24) is 0 Å². The van der Waals surface area contributed by atoms with Gasteiger partial charge in [0.05, 0.1) is 0 Å². The average Bonchev–Trinajstić information content (AvgIpc) is 3.03. The smallest absolute Gasteiger partial charge is 0.303 e. The minimum atomic E-state index is -0.236. The Bertz CT molecular complexity index is 597. The minimum absolute atomic E-state index is 0.0951. The lowest BCUT2D eigenvalue weighted by molar-refractivity contribution is -0.150. The lowest BCUT2D eigenvalue weighted by Gasteiger charge is -2.30. The zero-order chi connectivity index (χ0) is 25.0. The predicted octanol–water partition coefficient (Wildman–Crippen LogP) is 7.07. The normalized spacial score (nSPS) is 20.8. The molecule has 196 valence electrons. The highest BCUT2D eigenvalue weighted by atomic mass is 16.5. The van der Waals surface area contributed by atoms with E-state index in [1.54, 1.807) is 0 Å². The Morgan fingerprint density at radius 2 is 1.53 bits per heavy atom. The molecule has 2 unspecified atom stereocenters. The first-order valence-corrected chi connectivity index (χ1v) is 13.8. The van der Waals surface area contributed by atoms with Crippen LogP contribution in [0.5, 0.6) is 0 Å². The van der Waals surface area contributed by atoms with Gasteiger partial charge in [0, 0.05) is 26.4 Å². The highest BCUT2D eigenvalue weighted by Gasteiger charge is 2.31. The number of hydrogen-bond acceptors (Lipinski definition) is 5. The van der Waals surface area contributed by atoms with Crippen molar-refractivity contribution in [2.45, 2.75) is 129 Å². The first-order chi connectivity index (χ1) is 16.5. The van der Waals surface area contributed by atoms with Crippen LogP contribution in [0.1, 0.15) is 117 Å². The lowest BCUT2D eigenvalue weighted by Crippen LogP contribution is -2.31. The summed E-state index contributed by atoms with van der Waals surface area (Å²) in [6.07, 6.45) is 24.4. The number of unbranched alkanes of at least 4 members (excludes halogenated alkanes) is 6. The van der Waals surface area contributed by atoms with E-state index in [0.29, 0.717) is 11.8 Å². The topological polar surface area (TPSA) is 72.8 Å². The van der Waals surface area contributed by atoms with Gasteiger partial charge in [0.2, 0.25) is 0 Å². The molecule has 1 rings (SSSR count). The Balaban J connectivity index is 2.73. The Labute approximate surface area is 208 Å². The number of carbonyl (C=O) groups is 2. The zero-order valence-electron chi connectivity index (χ0n) is 22.0. The van der Waals surface area contributed by atoms with E-state index in [-0.39, 0.29) is 30.8 Å². The standard InChI is InChI=1S/C29H50O5/c1-4-5-6-7-8-11-19-27(33-24(2)31)20-14-13-18-26-17-10-9-12-21-28(26)29(34-25(3)32)22-15-16-23-30/h13-14,18,20,26-30H,4-12,15-17,19,21-23H2,1-3H3/b18-13+,20-14+/t26-,27?,28+,29?/m0/s1. The minimum Gasteiger partial charge on any atom is -0.462 e. The SMILES string of the molecule is CCCCCCCCC(/C=C/C=C/[C@@H]1CCCCC[C@H]1C(CCCCO)OC(C)=O)OC(C)=O. The van der Waals surface area contributed by atoms with Crippen LogP contribution in [0.4, 0.5) is 0 Å². The van der Waals surface area contributed by atoms with Gasteiger partial charge in [-0.1, -0.05) is 76.5 Å². The molecule has 0 aromatic rings. The summed E-state index contributed by atoms with van der Waals surface area (Å²) in [7, 11) is 0. The van der Waals surface area contributed by atoms with Gasteiger partial charge in [0.25, 0.3) is 0 Å². The van der Waals surface area contributed by atoms with Crippen molar-refractivity contribution in [3.8, 4) is 0 Å². The van der Waals surface area contributed by atoms with Gasteiger partial charge in [-0.2, -0.15) is 0 Å². The van der Waals surface area contributed by atoms with Crippen LogP contribution in [0.15, 0.2) is 24.3 Å². The van der Waals surface area contributed by atoms with E-state index >= 15 is 0 Å². The van der Waals surface area contributed by atoms with Crippen LogP contribution in [0, 0.1) is 11.8 Å². The molecule has 5 nitrogen and oxygen atoms in total. The highest BCUT2D eigenvalue weighted by Crippen LogP contribution is 2.35. The van der Waals surface area contributed by atoms with Crippen molar-refractivity contribution in [3.05, 3.63) is 24.3 Å². The molecule has 1 fully saturated rings. The molecule has 1 saturated carbocycles. The van der Waals surface area contributed by atoms with Gasteiger partial charge in [-0.05, 0) is 56.9 Å². The summed E-state index contributed by atoms with van der Waals surface area (Å²) in [5.41, 5.74) is 0. The number of aliphatic hydroxyl groups is 1. The first kappa shape index (κ1) is 30.4. The van der Waals surface area contributed by atoms with Crippen molar-refractivity contribution in [3.63, 3.8) is 0 Å². The van der Waals surface area contributed by atoms with Gasteiger partial charge < -0.3 is 14.6 Å². The van der Waals surface area contributed by atoms with Crippen LogP contribution in [0.25, 0.3) is 0 Å². The van der Waals surface area contributed by atoms with Gasteiger partial charge >= 0.3 is 11.9 Å². The third-order valence-corrected chi connectivity index (χ3v) is 6.77. The second kappa shape index (κ2) is 19.7. The Morgan fingerprint density at radius 3 is 2.24 bits per heavy atom. The van der Waals surface area contributed by atoms with Gasteiger partial charge in [-0.25, -0.2) is 0 Å². The molecular formula is C29H50O5. The molecule has 0 saturated heterocycles. The first-order valence-electron chi connectivity index (χ1n) is 13.8. The summed E-state index contributed by atoms with van der Waals surface area (Å²) in [5, 5.41) is 9.16. The molecule has 1 N–H and O–H groups in total. The van der Waals surface area contributed by atoms with Crippen molar-refractivity contribution in [2.24, 2.45) is 11.8 Å². The maximum Gasteiger partial charge on any atom is 0.303 e. The van der Waals surface area contributed by atoms with Crippen LogP contribution >= 0.6 is 0 Å². The van der Waals surface area contributed by atoms with Crippen LogP contribution in [-0.4, -0.2) is 35.9 Å². The maximum atomic E-state index is 11.8. The van der Waals surface area contributed by atoms with Crippen LogP contribution in [0.3, 0.4) is 0 Å². The number of aliphatic hydroxyl groups excluding tert-OH is 1. The predicted molar refractivity (Wildman–Crippen MR) is 138 cm³/mol. The molecular weight excluding hydrogens is 428 g/mol. The molecule has 0 aromatic heterocycles. The largest absolute Gasteiger partial charge is 0.462 e. The number of carbonyl (C=O) groups excluding carboxylic acids is 2. The molecule has 4 atom stereocenters. The number of ether oxygens (including phenoxy) is 2. The molecule has 5 heteroatoms. The van der Waals surface area contributed by atoms with Crippen molar-refractivity contribution in [2.75, 3.05) is 6.61 Å². The molecule has 0 radical (unpaired) electrons. The fourth-order valence-corrected chi connectivity index (χ4v) is 5.02. The van der Waals surface area contributed by atoms with Gasteiger partial charge in [0.15, 0.2) is 0 Å². The molecule has 0 aliphatic heterocycles. The Morgan fingerprint density at radius 1 is 0.853 bits per heavy atom. The monoisotopic (exact) mass is 478 g/mol. The molecule has 0 aromatic carbocycles. The van der Waals surface area contributed by atoms with Crippen LogP contribution in [0.2, 0.25) is 0 Å². The fraction of sp³-hybridized carbons (Fsp3) is 0.793. The van der Waals surface area contributed by atoms with Gasteiger partial charge in [-0.15, -0.1) is 0 Å². The fourth-order valence-electron chi connectivity index (χ4n) is 5.02. The summed E-state index contributed by atoms with van der Waals surface area (Å²) in [4.78, 5) is 23.3. The van der Waals surface area contributed by atoms with E-state index in [1.807, 2.05) is 12.2 Å². The summed E-state index contributed by atoms with van der Waals surface area (Å²) >= 11 is 0. The quantitative estimate of drug-likeness (QED) is 0.105. The summed E-state index contributed by atoms with van der Waals surface area (Å²) < 4.78 is 11.3. The molecule has 0 bridgehead atoms. The van der Waals surface area contributed by atoms with Crippen molar-refractivity contribution in [1.29, 1.82) is 0 Å². The summed E-state index contributed by atoms with van der Waals surface area (Å²) in [6.45, 7) is 5.36. The van der Waals surface area contributed by atoms with E-state index < -0.39 is 0 Å². The van der Waals surface area contributed by atoms with E-state index in [2.05, 4.69) is 19.1 Å². The van der Waals surface area contributed by atoms with E-state index in [1.165, 1.54) is 58.8 Å². The third-order valence-electron chi connectivity index (χ3n) is 6.77. The van der Waals surface area contributed by atoms with E-state index in [0.717, 1.165) is 51.4 Å². The lowest BCUT2D eigenvalue weighted by atomic mass is 9.81. The third kappa shape index (κ3) is 14.6. The van der Waals surface area contributed by atoms with Gasteiger partial charge in [-0.3, -0.25) is 9.59 Å². The zero-order valence-corrected chi connectivity index (χ0v) is 22.0. The second-order valence-corrected chi connectivity index (χ2v) is 9.81. The molecule has 1 aliphatic rings. The second-order valence-electron chi connectivity index (χ2n) is 9.81. The van der Waals surface area contributed by atoms with Crippen LogP contribution < -0.4 is 0 Å². The molecule has 0 heterocycles. The number of rotatable bonds is 17. The summed E-state index contributed by atoms with van der Waals surface area (Å²) in [5.74, 6) is 0.207. The van der Waals surface area contributed by atoms with Crippen LogP contribution in [-0.2, 0) is 19.1 Å².